The molecular formula is C16H20N2O. The third kappa shape index (κ3) is 2.99. The molecule has 0 spiro atoms. The van der Waals surface area contributed by atoms with E-state index in [9.17, 15) is 0 Å². The van der Waals surface area contributed by atoms with Crippen LogP contribution >= 0.6 is 0 Å². The van der Waals surface area contributed by atoms with E-state index < -0.39 is 0 Å². The normalized spacial score (nSPS) is 10.1. The molecule has 0 radical (unpaired) electrons. The second-order valence-corrected chi connectivity index (χ2v) is 4.26. The molecule has 2 rings (SSSR count). The minimum absolute atomic E-state index is 0.668. The summed E-state index contributed by atoms with van der Waals surface area (Å²) >= 11 is 0. The van der Waals surface area contributed by atoms with E-state index in [0.717, 1.165) is 22.8 Å². The van der Waals surface area contributed by atoms with Crippen molar-refractivity contribution in [3.63, 3.8) is 0 Å². The highest BCUT2D eigenvalue weighted by Crippen LogP contribution is 2.33. The first kappa shape index (κ1) is 13.3. The lowest BCUT2D eigenvalue weighted by Gasteiger charge is -2.22. The van der Waals surface area contributed by atoms with Crippen molar-refractivity contribution in [2.75, 3.05) is 30.9 Å². The number of para-hydroxylation sites is 2. The molecule has 3 nitrogen and oxygen atoms in total. The molecule has 19 heavy (non-hydrogen) atoms. The van der Waals surface area contributed by atoms with Crippen LogP contribution in [0.1, 0.15) is 6.92 Å². The van der Waals surface area contributed by atoms with Crippen molar-refractivity contribution < 1.29 is 4.74 Å². The minimum atomic E-state index is 0.668. The summed E-state index contributed by atoms with van der Waals surface area (Å²) < 4.78 is 5.68. The number of ether oxygens (including phenoxy) is 1. The van der Waals surface area contributed by atoms with Crippen LogP contribution in [0.25, 0.3) is 0 Å². The fourth-order valence-corrected chi connectivity index (χ4v) is 2.02. The van der Waals surface area contributed by atoms with Crippen molar-refractivity contribution in [3.8, 4) is 5.75 Å². The minimum Gasteiger partial charge on any atom is -0.492 e. The van der Waals surface area contributed by atoms with Gasteiger partial charge in [0.05, 0.1) is 12.3 Å². The largest absolute Gasteiger partial charge is 0.492 e. The summed E-state index contributed by atoms with van der Waals surface area (Å²) in [6.45, 7) is 2.67. The van der Waals surface area contributed by atoms with Gasteiger partial charge in [0.25, 0.3) is 0 Å². The van der Waals surface area contributed by atoms with Gasteiger partial charge in [0.2, 0.25) is 0 Å². The molecule has 0 heterocycles. The number of benzene rings is 2. The van der Waals surface area contributed by atoms with Crippen LogP contribution in [0.3, 0.4) is 0 Å². The number of rotatable bonds is 5. The number of nitrogens with one attached hydrogen (secondary N) is 1. The molecule has 0 aliphatic carbocycles. The van der Waals surface area contributed by atoms with Gasteiger partial charge in [-0.3, -0.25) is 0 Å². The summed E-state index contributed by atoms with van der Waals surface area (Å²) in [5, 5.41) is 3.16. The molecule has 0 amide bonds. The average molecular weight is 256 g/mol. The van der Waals surface area contributed by atoms with E-state index in [4.69, 9.17) is 4.74 Å². The average Bonchev–Trinajstić information content (AvgIpc) is 2.47. The molecule has 0 bridgehead atoms. The van der Waals surface area contributed by atoms with Gasteiger partial charge in [-0.25, -0.2) is 0 Å². The second kappa shape index (κ2) is 6.14. The summed E-state index contributed by atoms with van der Waals surface area (Å²) in [4.78, 5) is 2.13. The monoisotopic (exact) mass is 256 g/mol. The van der Waals surface area contributed by atoms with E-state index in [1.807, 2.05) is 51.4 Å². The maximum Gasteiger partial charge on any atom is 0.142 e. The van der Waals surface area contributed by atoms with Crippen LogP contribution < -0.4 is 15.0 Å². The number of nitrogens with zero attached hydrogens (tertiary/aromatic N) is 1. The summed E-state index contributed by atoms with van der Waals surface area (Å²) in [5.74, 6) is 0.905. The van der Waals surface area contributed by atoms with Gasteiger partial charge >= 0.3 is 0 Å². The predicted molar refractivity (Wildman–Crippen MR) is 81.7 cm³/mol. The molecule has 2 aromatic carbocycles. The van der Waals surface area contributed by atoms with Crippen LogP contribution in [0.5, 0.6) is 5.75 Å². The smallest absolute Gasteiger partial charge is 0.142 e. The molecule has 0 aliphatic heterocycles. The van der Waals surface area contributed by atoms with Crippen LogP contribution in [0.2, 0.25) is 0 Å². The Hall–Kier alpha value is -2.16. The molecule has 0 saturated carbocycles. The summed E-state index contributed by atoms with van der Waals surface area (Å²) in [5.41, 5.74) is 3.29. The summed E-state index contributed by atoms with van der Waals surface area (Å²) in [6.07, 6.45) is 0. The molecule has 0 aromatic heterocycles. The lowest BCUT2D eigenvalue weighted by molar-refractivity contribution is 0.341. The SMILES string of the molecule is CCOc1ccccc1N(C)c1cccc(NC)c1. The molecule has 0 atom stereocenters. The van der Waals surface area contributed by atoms with Crippen molar-refractivity contribution in [1.29, 1.82) is 0 Å². The Morgan fingerprint density at radius 2 is 1.89 bits per heavy atom. The lowest BCUT2D eigenvalue weighted by Crippen LogP contribution is -2.11. The topological polar surface area (TPSA) is 24.5 Å². The second-order valence-electron chi connectivity index (χ2n) is 4.26. The first-order chi connectivity index (χ1) is 9.26. The van der Waals surface area contributed by atoms with Gasteiger partial charge in [0.1, 0.15) is 5.75 Å². The molecule has 0 saturated heterocycles. The Kier molecular flexibility index (Phi) is 4.29. The Labute approximate surface area is 114 Å². The number of hydrogen-bond donors (Lipinski definition) is 1. The molecule has 1 N–H and O–H groups in total. The molecule has 0 aliphatic rings. The highest BCUT2D eigenvalue weighted by molar-refractivity contribution is 5.70. The van der Waals surface area contributed by atoms with Crippen LogP contribution in [0.4, 0.5) is 17.1 Å². The zero-order chi connectivity index (χ0) is 13.7. The van der Waals surface area contributed by atoms with Gasteiger partial charge in [-0.15, -0.1) is 0 Å². The number of anilines is 3. The van der Waals surface area contributed by atoms with Gasteiger partial charge in [-0.05, 0) is 37.3 Å². The highest BCUT2D eigenvalue weighted by Gasteiger charge is 2.09. The van der Waals surface area contributed by atoms with E-state index in [1.54, 1.807) is 0 Å². The van der Waals surface area contributed by atoms with E-state index in [-0.39, 0.29) is 0 Å². The van der Waals surface area contributed by atoms with Gasteiger partial charge in [0.15, 0.2) is 0 Å². The lowest BCUT2D eigenvalue weighted by atomic mass is 10.2. The van der Waals surface area contributed by atoms with Gasteiger partial charge in [-0.2, -0.15) is 0 Å². The third-order valence-corrected chi connectivity index (χ3v) is 3.05. The molecule has 0 unspecified atom stereocenters. The van der Waals surface area contributed by atoms with Gasteiger partial charge in [0, 0.05) is 25.5 Å². The molecule has 2 aromatic rings. The first-order valence-corrected chi connectivity index (χ1v) is 6.49. The van der Waals surface area contributed by atoms with Crippen molar-refractivity contribution in [1.82, 2.24) is 0 Å². The van der Waals surface area contributed by atoms with Crippen molar-refractivity contribution in [2.45, 2.75) is 6.92 Å². The van der Waals surface area contributed by atoms with Crippen LogP contribution in [0, 0.1) is 0 Å². The zero-order valence-corrected chi connectivity index (χ0v) is 11.7. The molecule has 0 fully saturated rings. The zero-order valence-electron chi connectivity index (χ0n) is 11.7. The summed E-state index contributed by atoms with van der Waals surface area (Å²) in [6, 6.07) is 16.4. The maximum atomic E-state index is 5.68. The first-order valence-electron chi connectivity index (χ1n) is 6.49. The Morgan fingerprint density at radius 1 is 1.11 bits per heavy atom. The van der Waals surface area contributed by atoms with Crippen LogP contribution in [0.15, 0.2) is 48.5 Å². The van der Waals surface area contributed by atoms with Crippen molar-refractivity contribution in [3.05, 3.63) is 48.5 Å². The van der Waals surface area contributed by atoms with Crippen molar-refractivity contribution in [2.24, 2.45) is 0 Å². The summed E-state index contributed by atoms with van der Waals surface area (Å²) in [7, 11) is 3.97. The van der Waals surface area contributed by atoms with E-state index >= 15 is 0 Å². The van der Waals surface area contributed by atoms with Crippen LogP contribution in [-0.2, 0) is 0 Å². The Balaban J connectivity index is 2.35. The molecule has 100 valence electrons. The van der Waals surface area contributed by atoms with E-state index in [2.05, 4.69) is 28.4 Å². The standard InChI is InChI=1S/C16H20N2O/c1-4-19-16-11-6-5-10-15(16)18(3)14-9-7-8-13(12-14)17-2/h5-12,17H,4H2,1-3H3. The Morgan fingerprint density at radius 3 is 2.63 bits per heavy atom. The van der Waals surface area contributed by atoms with Gasteiger partial charge < -0.3 is 15.0 Å². The van der Waals surface area contributed by atoms with Crippen molar-refractivity contribution >= 4 is 17.1 Å². The van der Waals surface area contributed by atoms with E-state index in [0.29, 0.717) is 6.61 Å². The van der Waals surface area contributed by atoms with Crippen LogP contribution in [-0.4, -0.2) is 20.7 Å². The molecular weight excluding hydrogens is 236 g/mol. The Bertz CT molecular complexity index is 540. The maximum absolute atomic E-state index is 5.68. The molecule has 3 heteroatoms. The quantitative estimate of drug-likeness (QED) is 0.878. The fraction of sp³-hybridized carbons (Fsp3) is 0.250. The number of hydrogen-bond acceptors (Lipinski definition) is 3. The van der Waals surface area contributed by atoms with E-state index in [1.165, 1.54) is 0 Å². The predicted octanol–water partition coefficient (Wildman–Crippen LogP) is 3.89. The highest BCUT2D eigenvalue weighted by atomic mass is 16.5. The fourth-order valence-electron chi connectivity index (χ4n) is 2.02. The van der Waals surface area contributed by atoms with Gasteiger partial charge in [-0.1, -0.05) is 18.2 Å². The third-order valence-electron chi connectivity index (χ3n) is 3.05.